The number of carbonyl (C=O) groups excluding carboxylic acids is 2. The normalized spacial score (nSPS) is 11.3. The average molecular weight is 481 g/mol. The molecule has 0 saturated carbocycles. The summed E-state index contributed by atoms with van der Waals surface area (Å²) in [5, 5.41) is 18.1. The molecule has 0 spiro atoms. The van der Waals surface area contributed by atoms with E-state index in [1.807, 2.05) is 48.5 Å². The molecular weight excluding hydrogens is 448 g/mol. The van der Waals surface area contributed by atoms with Crippen LogP contribution in [-0.4, -0.2) is 54.8 Å². The van der Waals surface area contributed by atoms with E-state index in [4.69, 9.17) is 19.3 Å². The molecule has 3 rings (SSSR count). The summed E-state index contributed by atoms with van der Waals surface area (Å²) in [4.78, 5) is 24.3. The van der Waals surface area contributed by atoms with Gasteiger partial charge < -0.3 is 24.4 Å². The lowest BCUT2D eigenvalue weighted by atomic mass is 9.96. The van der Waals surface area contributed by atoms with Gasteiger partial charge in [0.05, 0.1) is 6.61 Å². The predicted octanol–water partition coefficient (Wildman–Crippen LogP) is 4.03. The third-order valence-corrected chi connectivity index (χ3v) is 5.10. The standard InChI is InChI=1S/C16H16O3.C12H16O4/c1-18-16(19-2,14-11-7-4-8-12-14)15(17)13-9-5-3-6-10-13;1-12(2,15)11(14)9-3-5-10(6-4-9)16-8-7-13/h3-12H,1-2H3;3-6,13,15H,7-8H2,1-2H3. The van der Waals surface area contributed by atoms with Crippen LogP contribution in [0, 0.1) is 0 Å². The quantitative estimate of drug-likeness (QED) is 0.334. The molecule has 0 aliphatic carbocycles. The summed E-state index contributed by atoms with van der Waals surface area (Å²) in [6, 6.07) is 24.6. The van der Waals surface area contributed by atoms with Gasteiger partial charge in [-0.1, -0.05) is 60.7 Å². The number of Topliss-reactive ketones (excluding diaryl/α,β-unsaturated/α-hetero) is 2. The smallest absolute Gasteiger partial charge is 0.260 e. The maximum absolute atomic E-state index is 12.7. The summed E-state index contributed by atoms with van der Waals surface area (Å²) in [5.74, 6) is -1.37. The molecule has 0 aliphatic heterocycles. The molecule has 0 amide bonds. The van der Waals surface area contributed by atoms with Gasteiger partial charge in [0.25, 0.3) is 5.79 Å². The Balaban J connectivity index is 0.000000251. The maximum atomic E-state index is 12.7. The second kappa shape index (κ2) is 12.9. The highest BCUT2D eigenvalue weighted by Crippen LogP contribution is 2.30. The summed E-state index contributed by atoms with van der Waals surface area (Å²) < 4.78 is 16.0. The van der Waals surface area contributed by atoms with E-state index in [1.165, 1.54) is 28.1 Å². The molecule has 7 nitrogen and oxygen atoms in total. The van der Waals surface area contributed by atoms with Crippen molar-refractivity contribution in [2.45, 2.75) is 25.2 Å². The van der Waals surface area contributed by atoms with Crippen LogP contribution in [0.2, 0.25) is 0 Å². The second-order valence-electron chi connectivity index (χ2n) is 8.07. The van der Waals surface area contributed by atoms with Crippen molar-refractivity contribution >= 4 is 11.6 Å². The van der Waals surface area contributed by atoms with Gasteiger partial charge in [-0.05, 0) is 38.1 Å². The number of ketones is 2. The van der Waals surface area contributed by atoms with E-state index in [2.05, 4.69) is 0 Å². The molecule has 0 aromatic heterocycles. The van der Waals surface area contributed by atoms with Crippen molar-refractivity contribution in [3.63, 3.8) is 0 Å². The van der Waals surface area contributed by atoms with Crippen molar-refractivity contribution in [1.82, 2.24) is 0 Å². The molecule has 0 unspecified atom stereocenters. The Bertz CT molecular complexity index is 1050. The van der Waals surface area contributed by atoms with Crippen LogP contribution in [0.4, 0.5) is 0 Å². The van der Waals surface area contributed by atoms with E-state index in [1.54, 1.807) is 36.4 Å². The van der Waals surface area contributed by atoms with Gasteiger partial charge in [-0.3, -0.25) is 9.59 Å². The minimum atomic E-state index is -1.40. The first-order valence-corrected chi connectivity index (χ1v) is 11.1. The van der Waals surface area contributed by atoms with Crippen molar-refractivity contribution in [3.8, 4) is 5.75 Å². The fourth-order valence-electron chi connectivity index (χ4n) is 3.29. The topological polar surface area (TPSA) is 102 Å². The maximum Gasteiger partial charge on any atom is 0.260 e. The molecule has 7 heteroatoms. The molecule has 0 saturated heterocycles. The summed E-state index contributed by atoms with van der Waals surface area (Å²) in [6.07, 6.45) is 0. The molecule has 3 aromatic rings. The van der Waals surface area contributed by atoms with Gasteiger partial charge in [-0.15, -0.1) is 0 Å². The zero-order valence-corrected chi connectivity index (χ0v) is 20.4. The Hall–Kier alpha value is -3.36. The largest absolute Gasteiger partial charge is 0.491 e. The summed E-state index contributed by atoms with van der Waals surface area (Å²) in [5.41, 5.74) is 0.292. The van der Waals surface area contributed by atoms with E-state index in [-0.39, 0.29) is 24.8 Å². The third kappa shape index (κ3) is 7.31. The van der Waals surface area contributed by atoms with Crippen LogP contribution in [0.25, 0.3) is 0 Å². The Labute approximate surface area is 205 Å². The molecule has 0 atom stereocenters. The SMILES string of the molecule is CC(C)(O)C(=O)c1ccc(OCCO)cc1.COC(OC)(C(=O)c1ccccc1)c1ccccc1. The molecular formula is C28H32O7. The highest BCUT2D eigenvalue weighted by Gasteiger charge is 2.41. The van der Waals surface area contributed by atoms with Crippen LogP contribution >= 0.6 is 0 Å². The average Bonchev–Trinajstić information content (AvgIpc) is 2.89. The number of benzene rings is 3. The van der Waals surface area contributed by atoms with Crippen LogP contribution in [0.15, 0.2) is 84.9 Å². The van der Waals surface area contributed by atoms with Crippen LogP contribution in [0.1, 0.15) is 40.1 Å². The number of aliphatic hydroxyl groups excluding tert-OH is 1. The lowest BCUT2D eigenvalue weighted by Crippen LogP contribution is -2.39. The Morgan fingerprint density at radius 3 is 1.69 bits per heavy atom. The van der Waals surface area contributed by atoms with Gasteiger partial charge in [-0.2, -0.15) is 0 Å². The van der Waals surface area contributed by atoms with Crippen molar-refractivity contribution < 1.29 is 34.0 Å². The molecule has 0 radical (unpaired) electrons. The van der Waals surface area contributed by atoms with Crippen molar-refractivity contribution in [3.05, 3.63) is 102 Å². The van der Waals surface area contributed by atoms with Gasteiger partial charge in [-0.25, -0.2) is 0 Å². The predicted molar refractivity (Wildman–Crippen MR) is 133 cm³/mol. The number of ether oxygens (including phenoxy) is 3. The first-order chi connectivity index (χ1) is 16.7. The summed E-state index contributed by atoms with van der Waals surface area (Å²) in [6.45, 7) is 3.07. The zero-order chi connectivity index (χ0) is 25.9. The number of aliphatic hydroxyl groups is 2. The first-order valence-electron chi connectivity index (χ1n) is 11.1. The lowest BCUT2D eigenvalue weighted by molar-refractivity contribution is -0.176. The summed E-state index contributed by atoms with van der Waals surface area (Å²) in [7, 11) is 2.94. The van der Waals surface area contributed by atoms with Crippen LogP contribution in [0.3, 0.4) is 0 Å². The number of carbonyl (C=O) groups is 2. The Kier molecular flexibility index (Phi) is 10.3. The zero-order valence-electron chi connectivity index (χ0n) is 20.4. The van der Waals surface area contributed by atoms with Gasteiger partial charge in [0.1, 0.15) is 18.0 Å². The van der Waals surface area contributed by atoms with Gasteiger partial charge in [0.15, 0.2) is 5.78 Å². The van der Waals surface area contributed by atoms with E-state index in [0.29, 0.717) is 22.4 Å². The van der Waals surface area contributed by atoms with E-state index < -0.39 is 11.4 Å². The minimum Gasteiger partial charge on any atom is -0.491 e. The van der Waals surface area contributed by atoms with Crippen LogP contribution in [0.5, 0.6) is 5.75 Å². The monoisotopic (exact) mass is 480 g/mol. The summed E-state index contributed by atoms with van der Waals surface area (Å²) >= 11 is 0. The van der Waals surface area contributed by atoms with Gasteiger partial charge >= 0.3 is 0 Å². The molecule has 186 valence electrons. The number of rotatable bonds is 10. The first kappa shape index (κ1) is 27.9. The van der Waals surface area contributed by atoms with Gasteiger partial charge in [0.2, 0.25) is 5.78 Å². The second-order valence-corrected chi connectivity index (χ2v) is 8.07. The molecule has 0 aliphatic rings. The van der Waals surface area contributed by atoms with E-state index in [0.717, 1.165) is 0 Å². The molecule has 0 bridgehead atoms. The van der Waals surface area contributed by atoms with Crippen molar-refractivity contribution in [2.24, 2.45) is 0 Å². The van der Waals surface area contributed by atoms with Crippen molar-refractivity contribution in [1.29, 1.82) is 0 Å². The lowest BCUT2D eigenvalue weighted by Gasteiger charge is -2.29. The molecule has 2 N–H and O–H groups in total. The van der Waals surface area contributed by atoms with E-state index in [9.17, 15) is 14.7 Å². The highest BCUT2D eigenvalue weighted by molar-refractivity contribution is 6.02. The fourth-order valence-corrected chi connectivity index (χ4v) is 3.29. The number of hydrogen-bond donors (Lipinski definition) is 2. The fraction of sp³-hybridized carbons (Fsp3) is 0.286. The van der Waals surface area contributed by atoms with Gasteiger partial charge in [0, 0.05) is 30.9 Å². The molecule has 35 heavy (non-hydrogen) atoms. The van der Waals surface area contributed by atoms with Crippen LogP contribution < -0.4 is 4.74 Å². The highest BCUT2D eigenvalue weighted by atomic mass is 16.7. The number of hydrogen-bond acceptors (Lipinski definition) is 7. The Morgan fingerprint density at radius 2 is 1.23 bits per heavy atom. The third-order valence-electron chi connectivity index (χ3n) is 5.10. The molecule has 3 aromatic carbocycles. The number of methoxy groups -OCH3 is 2. The van der Waals surface area contributed by atoms with E-state index >= 15 is 0 Å². The Morgan fingerprint density at radius 1 is 0.743 bits per heavy atom. The molecule has 0 heterocycles. The van der Waals surface area contributed by atoms with Crippen molar-refractivity contribution in [2.75, 3.05) is 27.4 Å². The molecule has 0 fully saturated rings. The minimum absolute atomic E-state index is 0.0512. The van der Waals surface area contributed by atoms with Crippen LogP contribution in [-0.2, 0) is 15.3 Å².